The van der Waals surface area contributed by atoms with Crippen molar-refractivity contribution in [2.45, 2.75) is 92.1 Å². The van der Waals surface area contributed by atoms with E-state index in [1.165, 1.54) is 0 Å². The van der Waals surface area contributed by atoms with E-state index in [9.17, 15) is 14.4 Å². The predicted molar refractivity (Wildman–Crippen MR) is 195 cm³/mol. The SMILES string of the molecule is CCCc1nn(C)c2c(OCC(=O)N(CCCCc3ccc(C(=O)OCC)cc3)c3ccc(OC(CCC)C(=O)OCC)cc3)nc(CC)nc12. The number of carbonyl (C=O) groups excluding carboxylic acids is 3. The Hall–Kier alpha value is -5.00. The Bertz CT molecular complexity index is 1740. The Kier molecular flexibility index (Phi) is 14.8. The van der Waals surface area contributed by atoms with Gasteiger partial charge in [-0.15, -0.1) is 0 Å². The maximum absolute atomic E-state index is 13.9. The molecule has 2 aromatic carbocycles. The van der Waals surface area contributed by atoms with Crippen LogP contribution >= 0.6 is 0 Å². The summed E-state index contributed by atoms with van der Waals surface area (Å²) in [4.78, 5) is 49.4. The molecule has 0 saturated heterocycles. The van der Waals surface area contributed by atoms with Gasteiger partial charge in [-0.25, -0.2) is 14.6 Å². The van der Waals surface area contributed by atoms with Crippen LogP contribution in [-0.2, 0) is 45.4 Å². The molecule has 274 valence electrons. The van der Waals surface area contributed by atoms with Gasteiger partial charge in [0.25, 0.3) is 5.91 Å². The summed E-state index contributed by atoms with van der Waals surface area (Å²) in [5.74, 6) is 0.499. The quantitative estimate of drug-likeness (QED) is 0.0733. The van der Waals surface area contributed by atoms with E-state index in [-0.39, 0.29) is 25.1 Å². The minimum atomic E-state index is -0.708. The first kappa shape index (κ1) is 38.8. The minimum Gasteiger partial charge on any atom is -0.479 e. The molecule has 0 bridgehead atoms. The molecule has 1 unspecified atom stereocenters. The zero-order valence-corrected chi connectivity index (χ0v) is 30.8. The number of benzene rings is 2. The summed E-state index contributed by atoms with van der Waals surface area (Å²) >= 11 is 0. The molecule has 12 nitrogen and oxygen atoms in total. The third-order valence-corrected chi connectivity index (χ3v) is 8.29. The summed E-state index contributed by atoms with van der Waals surface area (Å²) in [6, 6.07) is 14.6. The predicted octanol–water partition coefficient (Wildman–Crippen LogP) is 6.60. The fraction of sp³-hybridized carbons (Fsp3) is 0.487. The van der Waals surface area contributed by atoms with Gasteiger partial charge in [-0.2, -0.15) is 10.1 Å². The lowest BCUT2D eigenvalue weighted by atomic mass is 10.1. The molecule has 0 radical (unpaired) electrons. The molecule has 4 aromatic rings. The number of hydrogen-bond donors (Lipinski definition) is 0. The molecule has 0 N–H and O–H groups in total. The monoisotopic (exact) mass is 701 g/mol. The first-order valence-electron chi connectivity index (χ1n) is 18.1. The summed E-state index contributed by atoms with van der Waals surface area (Å²) in [6.45, 7) is 10.4. The summed E-state index contributed by atoms with van der Waals surface area (Å²) in [7, 11) is 1.83. The van der Waals surface area contributed by atoms with Crippen molar-refractivity contribution >= 4 is 34.6 Å². The highest BCUT2D eigenvalue weighted by Crippen LogP contribution is 2.27. The number of anilines is 1. The molecule has 0 aliphatic heterocycles. The van der Waals surface area contributed by atoms with Crippen molar-refractivity contribution in [1.29, 1.82) is 0 Å². The molecular formula is C39H51N5O7. The number of carbonyl (C=O) groups is 3. The van der Waals surface area contributed by atoms with Gasteiger partial charge in [0, 0.05) is 25.7 Å². The van der Waals surface area contributed by atoms with Gasteiger partial charge in [-0.1, -0.05) is 45.7 Å². The van der Waals surface area contributed by atoms with E-state index in [1.807, 2.05) is 45.2 Å². The van der Waals surface area contributed by atoms with Crippen LogP contribution in [0.25, 0.3) is 11.0 Å². The Morgan fingerprint density at radius 1 is 0.843 bits per heavy atom. The van der Waals surface area contributed by atoms with Gasteiger partial charge < -0.3 is 23.8 Å². The minimum absolute atomic E-state index is 0.237. The average Bonchev–Trinajstić information content (AvgIpc) is 3.45. The molecule has 0 aliphatic carbocycles. The summed E-state index contributed by atoms with van der Waals surface area (Å²) in [6.07, 6.45) is 5.19. The second-order valence-corrected chi connectivity index (χ2v) is 12.2. The smallest absolute Gasteiger partial charge is 0.347 e. The highest BCUT2D eigenvalue weighted by molar-refractivity contribution is 5.95. The topological polar surface area (TPSA) is 135 Å². The van der Waals surface area contributed by atoms with E-state index in [4.69, 9.17) is 23.9 Å². The number of amides is 1. The van der Waals surface area contributed by atoms with E-state index in [1.54, 1.807) is 47.7 Å². The van der Waals surface area contributed by atoms with Gasteiger partial charge in [-0.05, 0) is 87.9 Å². The Balaban J connectivity index is 1.51. The first-order valence-corrected chi connectivity index (χ1v) is 18.1. The van der Waals surface area contributed by atoms with E-state index >= 15 is 0 Å². The summed E-state index contributed by atoms with van der Waals surface area (Å²) in [5, 5.41) is 4.66. The van der Waals surface area contributed by atoms with Gasteiger partial charge in [0.2, 0.25) is 5.88 Å². The largest absolute Gasteiger partial charge is 0.479 e. The lowest BCUT2D eigenvalue weighted by Crippen LogP contribution is -2.36. The third kappa shape index (κ3) is 10.5. The second-order valence-electron chi connectivity index (χ2n) is 12.2. The summed E-state index contributed by atoms with van der Waals surface area (Å²) in [5.41, 5.74) is 4.58. The fourth-order valence-electron chi connectivity index (χ4n) is 5.73. The van der Waals surface area contributed by atoms with Crippen molar-refractivity contribution in [3.8, 4) is 11.6 Å². The van der Waals surface area contributed by atoms with Gasteiger partial charge in [0.15, 0.2) is 12.7 Å². The molecule has 2 heterocycles. The summed E-state index contributed by atoms with van der Waals surface area (Å²) < 4.78 is 24.2. The molecule has 51 heavy (non-hydrogen) atoms. The Morgan fingerprint density at radius 3 is 2.22 bits per heavy atom. The molecule has 0 spiro atoms. The van der Waals surface area contributed by atoms with Crippen molar-refractivity contribution in [3.05, 3.63) is 71.2 Å². The molecule has 0 saturated carbocycles. The Morgan fingerprint density at radius 2 is 1.57 bits per heavy atom. The molecule has 4 rings (SSSR count). The average molecular weight is 702 g/mol. The van der Waals surface area contributed by atoms with Gasteiger partial charge in [0.1, 0.15) is 22.6 Å². The van der Waals surface area contributed by atoms with E-state index in [0.717, 1.165) is 48.9 Å². The molecule has 12 heteroatoms. The number of hydrogen-bond acceptors (Lipinski definition) is 10. The van der Waals surface area contributed by atoms with Crippen LogP contribution in [0.1, 0.15) is 94.2 Å². The number of nitrogens with zero attached hydrogens (tertiary/aromatic N) is 5. The normalized spacial score (nSPS) is 11.6. The van der Waals surface area contributed by atoms with Gasteiger partial charge >= 0.3 is 11.9 Å². The highest BCUT2D eigenvalue weighted by Gasteiger charge is 2.23. The fourth-order valence-corrected chi connectivity index (χ4v) is 5.73. The molecule has 0 aliphatic rings. The number of aromatic nitrogens is 4. The maximum Gasteiger partial charge on any atom is 0.347 e. The van der Waals surface area contributed by atoms with Crippen LogP contribution in [0.3, 0.4) is 0 Å². The molecule has 0 fully saturated rings. The van der Waals surface area contributed by atoms with Crippen molar-refractivity contribution in [2.24, 2.45) is 7.05 Å². The third-order valence-electron chi connectivity index (χ3n) is 8.29. The number of aryl methyl sites for hydroxylation is 4. The number of ether oxygens (including phenoxy) is 4. The van der Waals surface area contributed by atoms with Gasteiger partial charge in [0.05, 0.1) is 24.5 Å². The highest BCUT2D eigenvalue weighted by atomic mass is 16.6. The first-order chi connectivity index (χ1) is 24.7. The van der Waals surface area contributed by atoms with Crippen LogP contribution in [0, 0.1) is 0 Å². The second kappa shape index (κ2) is 19.4. The van der Waals surface area contributed by atoms with E-state index in [0.29, 0.717) is 66.6 Å². The van der Waals surface area contributed by atoms with Crippen LogP contribution in [0.15, 0.2) is 48.5 Å². The van der Waals surface area contributed by atoms with Crippen LogP contribution in [0.5, 0.6) is 11.6 Å². The van der Waals surface area contributed by atoms with Crippen molar-refractivity contribution < 1.29 is 33.3 Å². The van der Waals surface area contributed by atoms with E-state index in [2.05, 4.69) is 17.0 Å². The Labute approximate surface area is 300 Å². The molecule has 1 atom stereocenters. The maximum atomic E-state index is 13.9. The van der Waals surface area contributed by atoms with Gasteiger partial charge in [-0.3, -0.25) is 9.48 Å². The number of rotatable bonds is 20. The van der Waals surface area contributed by atoms with Crippen molar-refractivity contribution in [3.63, 3.8) is 0 Å². The van der Waals surface area contributed by atoms with Crippen LogP contribution in [0.2, 0.25) is 0 Å². The number of unbranched alkanes of at least 4 members (excludes halogenated alkanes) is 1. The van der Waals surface area contributed by atoms with Crippen LogP contribution in [-0.4, -0.2) is 70.1 Å². The lowest BCUT2D eigenvalue weighted by Gasteiger charge is -2.24. The zero-order chi connectivity index (χ0) is 36.8. The van der Waals surface area contributed by atoms with Crippen LogP contribution in [0.4, 0.5) is 5.69 Å². The van der Waals surface area contributed by atoms with Crippen LogP contribution < -0.4 is 14.4 Å². The molecule has 2 aromatic heterocycles. The standard InChI is InChI=1S/C39H51N5O7/c1-7-14-31-35-36(43(6)42-31)37(41-33(9-3)40-35)50-26-34(45)44(25-13-12-16-27-17-19-28(20-18-27)38(46)48-10-4)29-21-23-30(24-22-29)51-32(15-8-2)39(47)49-11-5/h17-24,32H,7-16,25-26H2,1-6H3. The molecule has 1 amide bonds. The van der Waals surface area contributed by atoms with Crippen molar-refractivity contribution in [2.75, 3.05) is 31.3 Å². The lowest BCUT2D eigenvalue weighted by molar-refractivity contribution is -0.151. The zero-order valence-electron chi connectivity index (χ0n) is 30.8. The molecular weight excluding hydrogens is 650 g/mol. The number of fused-ring (bicyclic) bond motifs is 1. The van der Waals surface area contributed by atoms with E-state index < -0.39 is 12.1 Å². The van der Waals surface area contributed by atoms with Crippen molar-refractivity contribution in [1.82, 2.24) is 19.7 Å². The number of esters is 2.